The SMILES string of the molecule is O=C(O)CCC1CCN(CC(=O)NC2CCCC2)CC1. The zero-order chi connectivity index (χ0) is 14.4. The van der Waals surface area contributed by atoms with Crippen LogP contribution >= 0.6 is 0 Å². The van der Waals surface area contributed by atoms with Crippen LogP contribution in [-0.2, 0) is 9.59 Å². The third-order valence-electron chi connectivity index (χ3n) is 4.56. The van der Waals surface area contributed by atoms with E-state index in [2.05, 4.69) is 10.2 Å². The summed E-state index contributed by atoms with van der Waals surface area (Å²) in [5.41, 5.74) is 0. The third kappa shape index (κ3) is 5.12. The summed E-state index contributed by atoms with van der Waals surface area (Å²) in [6.07, 6.45) is 7.81. The molecular weight excluding hydrogens is 256 g/mol. The number of piperidine rings is 1. The molecule has 5 nitrogen and oxygen atoms in total. The van der Waals surface area contributed by atoms with Gasteiger partial charge in [-0.05, 0) is 51.1 Å². The Kier molecular flexibility index (Phi) is 5.83. The van der Waals surface area contributed by atoms with E-state index in [0.29, 0.717) is 18.5 Å². The van der Waals surface area contributed by atoms with Gasteiger partial charge in [-0.2, -0.15) is 0 Å². The predicted molar refractivity (Wildman–Crippen MR) is 76.4 cm³/mol. The molecule has 1 saturated carbocycles. The van der Waals surface area contributed by atoms with E-state index in [9.17, 15) is 9.59 Å². The van der Waals surface area contributed by atoms with Gasteiger partial charge in [0.1, 0.15) is 0 Å². The molecule has 0 spiro atoms. The van der Waals surface area contributed by atoms with Crippen molar-refractivity contribution in [2.24, 2.45) is 5.92 Å². The third-order valence-corrected chi connectivity index (χ3v) is 4.56. The van der Waals surface area contributed by atoms with Gasteiger partial charge in [0.05, 0.1) is 6.54 Å². The Labute approximate surface area is 120 Å². The van der Waals surface area contributed by atoms with Crippen molar-refractivity contribution in [1.82, 2.24) is 10.2 Å². The van der Waals surface area contributed by atoms with Gasteiger partial charge < -0.3 is 10.4 Å². The number of hydrogen-bond donors (Lipinski definition) is 2. The number of rotatable bonds is 6. The van der Waals surface area contributed by atoms with Gasteiger partial charge in [0.25, 0.3) is 0 Å². The van der Waals surface area contributed by atoms with Gasteiger partial charge in [-0.1, -0.05) is 12.8 Å². The zero-order valence-corrected chi connectivity index (χ0v) is 12.1. The van der Waals surface area contributed by atoms with Gasteiger partial charge in [0, 0.05) is 12.5 Å². The number of amides is 1. The number of aliphatic carboxylic acids is 1. The van der Waals surface area contributed by atoms with Crippen molar-refractivity contribution in [3.8, 4) is 0 Å². The highest BCUT2D eigenvalue weighted by Gasteiger charge is 2.23. The van der Waals surface area contributed by atoms with E-state index in [4.69, 9.17) is 5.11 Å². The van der Waals surface area contributed by atoms with Crippen LogP contribution in [0.15, 0.2) is 0 Å². The summed E-state index contributed by atoms with van der Waals surface area (Å²) < 4.78 is 0. The van der Waals surface area contributed by atoms with Gasteiger partial charge in [0.15, 0.2) is 0 Å². The first-order chi connectivity index (χ1) is 9.63. The van der Waals surface area contributed by atoms with E-state index >= 15 is 0 Å². The molecule has 1 amide bonds. The summed E-state index contributed by atoms with van der Waals surface area (Å²) in [5, 5.41) is 11.8. The number of carbonyl (C=O) groups is 2. The molecule has 0 aromatic heterocycles. The van der Waals surface area contributed by atoms with Crippen LogP contribution in [0, 0.1) is 5.92 Å². The summed E-state index contributed by atoms with van der Waals surface area (Å²) in [4.78, 5) is 24.7. The van der Waals surface area contributed by atoms with E-state index < -0.39 is 5.97 Å². The monoisotopic (exact) mass is 282 g/mol. The lowest BCUT2D eigenvalue weighted by Gasteiger charge is -2.31. The molecule has 0 aromatic carbocycles. The Morgan fingerprint density at radius 1 is 1.10 bits per heavy atom. The first kappa shape index (κ1) is 15.3. The molecule has 1 aliphatic carbocycles. The average Bonchev–Trinajstić information content (AvgIpc) is 2.90. The Hall–Kier alpha value is -1.10. The maximum atomic E-state index is 11.9. The maximum absolute atomic E-state index is 11.9. The van der Waals surface area contributed by atoms with Crippen molar-refractivity contribution < 1.29 is 14.7 Å². The van der Waals surface area contributed by atoms with E-state index in [1.165, 1.54) is 12.8 Å². The molecule has 1 heterocycles. The molecule has 0 radical (unpaired) electrons. The molecule has 2 rings (SSSR count). The number of nitrogens with one attached hydrogen (secondary N) is 1. The minimum Gasteiger partial charge on any atom is -0.481 e. The van der Waals surface area contributed by atoms with Crippen molar-refractivity contribution in [3.63, 3.8) is 0 Å². The minimum atomic E-state index is -0.705. The lowest BCUT2D eigenvalue weighted by atomic mass is 9.92. The number of carboxylic acid groups (broad SMARTS) is 1. The van der Waals surface area contributed by atoms with E-state index in [0.717, 1.165) is 45.2 Å². The molecule has 2 aliphatic rings. The fourth-order valence-corrected chi connectivity index (χ4v) is 3.31. The van der Waals surface area contributed by atoms with Crippen LogP contribution in [0.5, 0.6) is 0 Å². The Bertz CT molecular complexity index is 332. The van der Waals surface area contributed by atoms with Crippen molar-refractivity contribution in [3.05, 3.63) is 0 Å². The van der Waals surface area contributed by atoms with Crippen molar-refractivity contribution in [2.75, 3.05) is 19.6 Å². The Balaban J connectivity index is 1.61. The topological polar surface area (TPSA) is 69.6 Å². The lowest BCUT2D eigenvalue weighted by molar-refractivity contribution is -0.137. The Morgan fingerprint density at radius 3 is 2.35 bits per heavy atom. The average molecular weight is 282 g/mol. The van der Waals surface area contributed by atoms with Gasteiger partial charge in [-0.3, -0.25) is 14.5 Å². The molecule has 5 heteroatoms. The highest BCUT2D eigenvalue weighted by molar-refractivity contribution is 5.78. The molecule has 2 N–H and O–H groups in total. The molecule has 1 saturated heterocycles. The van der Waals surface area contributed by atoms with Crippen molar-refractivity contribution in [2.45, 2.75) is 57.4 Å². The standard InChI is InChI=1S/C15H26N2O3/c18-14(16-13-3-1-2-4-13)11-17-9-7-12(8-10-17)5-6-15(19)20/h12-13H,1-11H2,(H,16,18)(H,19,20). The number of carboxylic acids is 1. The number of likely N-dealkylation sites (tertiary alicyclic amines) is 1. The second-order valence-corrected chi connectivity index (χ2v) is 6.20. The second kappa shape index (κ2) is 7.62. The van der Waals surface area contributed by atoms with Gasteiger partial charge in [-0.25, -0.2) is 0 Å². The van der Waals surface area contributed by atoms with Crippen molar-refractivity contribution >= 4 is 11.9 Å². The predicted octanol–water partition coefficient (Wildman–Crippen LogP) is 1.62. The fourth-order valence-electron chi connectivity index (χ4n) is 3.31. The smallest absolute Gasteiger partial charge is 0.303 e. The molecule has 114 valence electrons. The van der Waals surface area contributed by atoms with Crippen LogP contribution in [-0.4, -0.2) is 47.6 Å². The summed E-state index contributed by atoms with van der Waals surface area (Å²) in [7, 11) is 0. The molecule has 0 bridgehead atoms. The van der Waals surface area contributed by atoms with Crippen molar-refractivity contribution in [1.29, 1.82) is 0 Å². The fraction of sp³-hybridized carbons (Fsp3) is 0.867. The molecule has 20 heavy (non-hydrogen) atoms. The summed E-state index contributed by atoms with van der Waals surface area (Å²) in [5.74, 6) is -0.0375. The van der Waals surface area contributed by atoms with Crippen LogP contribution in [0.4, 0.5) is 0 Å². The summed E-state index contributed by atoms with van der Waals surface area (Å²) in [6.45, 7) is 2.34. The van der Waals surface area contributed by atoms with Crippen LogP contribution in [0.3, 0.4) is 0 Å². The molecule has 2 fully saturated rings. The molecule has 0 aromatic rings. The molecular formula is C15H26N2O3. The highest BCUT2D eigenvalue weighted by atomic mass is 16.4. The second-order valence-electron chi connectivity index (χ2n) is 6.20. The highest BCUT2D eigenvalue weighted by Crippen LogP contribution is 2.22. The quantitative estimate of drug-likeness (QED) is 0.777. The van der Waals surface area contributed by atoms with Crippen LogP contribution < -0.4 is 5.32 Å². The van der Waals surface area contributed by atoms with E-state index in [1.807, 2.05) is 0 Å². The lowest BCUT2D eigenvalue weighted by Crippen LogP contribution is -2.44. The number of hydrogen-bond acceptors (Lipinski definition) is 3. The van der Waals surface area contributed by atoms with Gasteiger partial charge in [-0.15, -0.1) is 0 Å². The van der Waals surface area contributed by atoms with Crippen LogP contribution in [0.2, 0.25) is 0 Å². The zero-order valence-electron chi connectivity index (χ0n) is 12.1. The van der Waals surface area contributed by atoms with Crippen LogP contribution in [0.25, 0.3) is 0 Å². The Morgan fingerprint density at radius 2 is 1.75 bits per heavy atom. The number of carbonyl (C=O) groups excluding carboxylic acids is 1. The maximum Gasteiger partial charge on any atom is 0.303 e. The molecule has 0 atom stereocenters. The first-order valence-electron chi connectivity index (χ1n) is 7.87. The normalized spacial score (nSPS) is 22.0. The van der Waals surface area contributed by atoms with E-state index in [-0.39, 0.29) is 12.3 Å². The largest absolute Gasteiger partial charge is 0.481 e. The minimum absolute atomic E-state index is 0.154. The molecule has 1 aliphatic heterocycles. The molecule has 0 unspecified atom stereocenters. The van der Waals surface area contributed by atoms with E-state index in [1.54, 1.807) is 0 Å². The van der Waals surface area contributed by atoms with Crippen LogP contribution in [0.1, 0.15) is 51.4 Å². The summed E-state index contributed by atoms with van der Waals surface area (Å²) in [6, 6.07) is 0.399. The number of nitrogens with zero attached hydrogens (tertiary/aromatic N) is 1. The van der Waals surface area contributed by atoms with Gasteiger partial charge in [0.2, 0.25) is 5.91 Å². The first-order valence-corrected chi connectivity index (χ1v) is 7.87. The summed E-state index contributed by atoms with van der Waals surface area (Å²) >= 11 is 0. The van der Waals surface area contributed by atoms with Gasteiger partial charge >= 0.3 is 5.97 Å².